The lowest BCUT2D eigenvalue weighted by Crippen LogP contribution is -2.37. The van der Waals surface area contributed by atoms with Crippen LogP contribution < -0.4 is 10.2 Å². The van der Waals surface area contributed by atoms with Crippen molar-refractivity contribution < 1.29 is 27.2 Å². The van der Waals surface area contributed by atoms with Crippen LogP contribution in [0.3, 0.4) is 0 Å². The van der Waals surface area contributed by atoms with E-state index in [0.29, 0.717) is 11.0 Å². The first-order valence-corrected chi connectivity index (χ1v) is 7.66. The normalized spacial score (nSPS) is 11.2. The van der Waals surface area contributed by atoms with Crippen molar-refractivity contribution in [3.05, 3.63) is 58.9 Å². The Bertz CT molecular complexity index is 823. The van der Waals surface area contributed by atoms with Crippen molar-refractivity contribution in [3.8, 4) is 0 Å². The number of hydrogen-bond donors (Lipinski definition) is 1. The zero-order chi connectivity index (χ0) is 19.5. The summed E-state index contributed by atoms with van der Waals surface area (Å²) in [7, 11) is 0. The molecule has 2 aromatic rings. The summed E-state index contributed by atoms with van der Waals surface area (Å²) >= 11 is 5.62. The molecule has 0 saturated carbocycles. The van der Waals surface area contributed by atoms with Gasteiger partial charge in [0.25, 0.3) is 0 Å². The minimum Gasteiger partial charge on any atom is -0.325 e. The highest BCUT2D eigenvalue weighted by molar-refractivity contribution is 6.30. The first-order valence-electron chi connectivity index (χ1n) is 7.28. The minimum atomic E-state index is -4.76. The molecule has 0 atom stereocenters. The van der Waals surface area contributed by atoms with Crippen LogP contribution in [0.15, 0.2) is 42.5 Å². The van der Waals surface area contributed by atoms with E-state index in [0.717, 1.165) is 25.1 Å². The van der Waals surface area contributed by atoms with Gasteiger partial charge in [-0.2, -0.15) is 13.2 Å². The highest BCUT2D eigenvalue weighted by Crippen LogP contribution is 2.38. The molecule has 0 aliphatic rings. The van der Waals surface area contributed by atoms with Crippen LogP contribution >= 0.6 is 11.6 Å². The zero-order valence-corrected chi connectivity index (χ0v) is 14.2. The maximum atomic E-state index is 13.2. The molecule has 0 radical (unpaired) electrons. The Morgan fingerprint density at radius 2 is 1.73 bits per heavy atom. The first-order chi connectivity index (χ1) is 12.1. The van der Waals surface area contributed by atoms with Gasteiger partial charge in [-0.25, -0.2) is 4.39 Å². The monoisotopic (exact) mass is 388 g/mol. The lowest BCUT2D eigenvalue weighted by atomic mass is 10.1. The van der Waals surface area contributed by atoms with Crippen molar-refractivity contribution in [2.45, 2.75) is 13.1 Å². The molecule has 26 heavy (non-hydrogen) atoms. The maximum absolute atomic E-state index is 13.2. The molecule has 0 aliphatic heterocycles. The van der Waals surface area contributed by atoms with Crippen LogP contribution in [0.25, 0.3) is 0 Å². The van der Waals surface area contributed by atoms with Crippen molar-refractivity contribution in [3.63, 3.8) is 0 Å². The molecular weight excluding hydrogens is 376 g/mol. The Morgan fingerprint density at radius 1 is 1.12 bits per heavy atom. The molecule has 0 saturated heterocycles. The van der Waals surface area contributed by atoms with Gasteiger partial charge in [-0.15, -0.1) is 0 Å². The van der Waals surface area contributed by atoms with E-state index in [9.17, 15) is 27.2 Å². The van der Waals surface area contributed by atoms with Crippen molar-refractivity contribution >= 4 is 34.8 Å². The first kappa shape index (κ1) is 19.7. The molecular formula is C17H13ClF4N2O2. The number of benzene rings is 2. The van der Waals surface area contributed by atoms with E-state index in [1.54, 1.807) is 0 Å². The molecule has 0 aromatic heterocycles. The molecule has 2 rings (SSSR count). The van der Waals surface area contributed by atoms with Crippen LogP contribution in [0.1, 0.15) is 12.5 Å². The van der Waals surface area contributed by atoms with E-state index >= 15 is 0 Å². The van der Waals surface area contributed by atoms with Crippen molar-refractivity contribution in [1.82, 2.24) is 0 Å². The number of alkyl halides is 3. The Kier molecular flexibility index (Phi) is 5.86. The third kappa shape index (κ3) is 4.95. The van der Waals surface area contributed by atoms with E-state index in [1.165, 1.54) is 18.2 Å². The Balaban J connectivity index is 2.28. The molecule has 2 amide bonds. The van der Waals surface area contributed by atoms with Crippen molar-refractivity contribution in [2.75, 3.05) is 16.8 Å². The summed E-state index contributed by atoms with van der Waals surface area (Å²) in [6.45, 7) is 0.386. The predicted molar refractivity (Wildman–Crippen MR) is 89.5 cm³/mol. The van der Waals surface area contributed by atoms with Crippen LogP contribution in [-0.4, -0.2) is 18.4 Å². The van der Waals surface area contributed by atoms with Gasteiger partial charge in [-0.05, 0) is 42.5 Å². The Hall–Kier alpha value is -2.61. The van der Waals surface area contributed by atoms with Crippen LogP contribution in [0.5, 0.6) is 0 Å². The molecule has 0 bridgehead atoms. The molecule has 0 spiro atoms. The molecule has 0 fully saturated rings. The van der Waals surface area contributed by atoms with Crippen molar-refractivity contribution in [1.29, 1.82) is 0 Å². The number of carbonyl (C=O) groups excluding carboxylic acids is 2. The van der Waals surface area contributed by atoms with Crippen LogP contribution in [0.4, 0.5) is 28.9 Å². The summed E-state index contributed by atoms with van der Waals surface area (Å²) < 4.78 is 52.6. The van der Waals surface area contributed by atoms with Gasteiger partial charge in [0.05, 0.1) is 11.3 Å². The topological polar surface area (TPSA) is 49.4 Å². The fourth-order valence-electron chi connectivity index (χ4n) is 2.21. The summed E-state index contributed by atoms with van der Waals surface area (Å²) in [6.07, 6.45) is -4.76. The summed E-state index contributed by atoms with van der Waals surface area (Å²) in [4.78, 5) is 24.6. The molecule has 0 aliphatic carbocycles. The minimum absolute atomic E-state index is 0.152. The second-order valence-electron chi connectivity index (χ2n) is 5.32. The third-order valence-corrected chi connectivity index (χ3v) is 3.60. The van der Waals surface area contributed by atoms with Gasteiger partial charge in [-0.3, -0.25) is 9.59 Å². The summed E-state index contributed by atoms with van der Waals surface area (Å²) in [5.41, 5.74) is -1.37. The highest BCUT2D eigenvalue weighted by Gasteiger charge is 2.36. The number of nitrogens with one attached hydrogen (secondary N) is 1. The highest BCUT2D eigenvalue weighted by atomic mass is 35.5. The lowest BCUT2D eigenvalue weighted by Gasteiger charge is -2.24. The summed E-state index contributed by atoms with van der Waals surface area (Å²) in [5, 5.41) is 2.23. The number of rotatable bonds is 4. The average Bonchev–Trinajstić information content (AvgIpc) is 2.54. The van der Waals surface area contributed by atoms with Crippen LogP contribution in [0.2, 0.25) is 5.02 Å². The van der Waals surface area contributed by atoms with Gasteiger partial charge < -0.3 is 10.2 Å². The number of hydrogen-bond acceptors (Lipinski definition) is 2. The summed E-state index contributed by atoms with van der Waals surface area (Å²) in [6, 6.07) is 7.70. The zero-order valence-electron chi connectivity index (χ0n) is 13.4. The molecule has 138 valence electrons. The standard InChI is InChI=1S/C17H13ClF4N2O2/c1-10(25)24(9-16(26)23-13-5-3-12(19)4-6-13)15-7-2-11(18)8-14(15)17(20,21)22/h2-8H,9H2,1H3,(H,23,26). The lowest BCUT2D eigenvalue weighted by molar-refractivity contribution is -0.137. The fraction of sp³-hybridized carbons (Fsp3) is 0.176. The number of carbonyl (C=O) groups is 2. The van der Waals surface area contributed by atoms with Gasteiger partial charge in [0.1, 0.15) is 12.4 Å². The van der Waals surface area contributed by atoms with Crippen molar-refractivity contribution in [2.24, 2.45) is 0 Å². The average molecular weight is 389 g/mol. The fourth-order valence-corrected chi connectivity index (χ4v) is 2.39. The van der Waals surface area contributed by atoms with E-state index in [1.807, 2.05) is 0 Å². The number of nitrogens with zero attached hydrogens (tertiary/aromatic N) is 1. The molecule has 9 heteroatoms. The SMILES string of the molecule is CC(=O)N(CC(=O)Nc1ccc(F)cc1)c1ccc(Cl)cc1C(F)(F)F. The third-order valence-electron chi connectivity index (χ3n) is 3.36. The molecule has 0 heterocycles. The van der Waals surface area contributed by atoms with E-state index in [4.69, 9.17) is 11.6 Å². The largest absolute Gasteiger partial charge is 0.418 e. The quantitative estimate of drug-likeness (QED) is 0.784. The smallest absolute Gasteiger partial charge is 0.325 e. The number of anilines is 2. The van der Waals surface area contributed by atoms with Crippen LogP contribution in [0, 0.1) is 5.82 Å². The van der Waals surface area contributed by atoms with Gasteiger partial charge in [-0.1, -0.05) is 11.6 Å². The van der Waals surface area contributed by atoms with Crippen LogP contribution in [-0.2, 0) is 15.8 Å². The van der Waals surface area contributed by atoms with Gasteiger partial charge >= 0.3 is 6.18 Å². The summed E-state index contributed by atoms with van der Waals surface area (Å²) in [5.74, 6) is -2.01. The van der Waals surface area contributed by atoms with E-state index < -0.39 is 41.6 Å². The number of amides is 2. The molecule has 4 nitrogen and oxygen atoms in total. The van der Waals surface area contributed by atoms with Gasteiger partial charge in [0.15, 0.2) is 0 Å². The second kappa shape index (κ2) is 7.74. The second-order valence-corrected chi connectivity index (χ2v) is 5.76. The molecule has 2 aromatic carbocycles. The van der Waals surface area contributed by atoms with E-state index in [-0.39, 0.29) is 10.7 Å². The molecule has 1 N–H and O–H groups in total. The Morgan fingerprint density at radius 3 is 2.27 bits per heavy atom. The predicted octanol–water partition coefficient (Wildman–Crippen LogP) is 4.49. The van der Waals surface area contributed by atoms with Gasteiger partial charge in [0, 0.05) is 17.6 Å². The molecule has 0 unspecified atom stereocenters. The Labute approximate surface area is 151 Å². The van der Waals surface area contributed by atoms with E-state index in [2.05, 4.69) is 5.32 Å². The maximum Gasteiger partial charge on any atom is 0.418 e. The number of halogens is 5. The van der Waals surface area contributed by atoms with Gasteiger partial charge in [0.2, 0.25) is 11.8 Å².